The molecule has 2 aromatic heterocycles. The maximum Gasteiger partial charge on any atom is 0.322 e. The molecule has 0 saturated carbocycles. The lowest BCUT2D eigenvalue weighted by atomic mass is 10.1. The van der Waals surface area contributed by atoms with E-state index in [4.69, 9.17) is 15.1 Å². The van der Waals surface area contributed by atoms with Gasteiger partial charge < -0.3 is 20.3 Å². The number of benzene rings is 1. The Kier molecular flexibility index (Phi) is 5.04. The smallest absolute Gasteiger partial charge is 0.322 e. The predicted molar refractivity (Wildman–Crippen MR) is 97.1 cm³/mol. The van der Waals surface area contributed by atoms with Crippen molar-refractivity contribution < 1.29 is 24.5 Å². The largest absolute Gasteiger partial charge is 0.505 e. The Hall–Kier alpha value is -4.19. The summed E-state index contributed by atoms with van der Waals surface area (Å²) in [7, 11) is 0. The number of aromatic nitrogens is 2. The summed E-state index contributed by atoms with van der Waals surface area (Å²) in [5.41, 5.74) is 0.819. The molecule has 3 rings (SSSR count). The molecule has 0 spiro atoms. The third-order valence-corrected chi connectivity index (χ3v) is 3.77. The molecule has 0 aliphatic carbocycles. The van der Waals surface area contributed by atoms with Gasteiger partial charge in [0.05, 0.1) is 22.8 Å². The number of carbonyl (C=O) groups is 2. The zero-order valence-corrected chi connectivity index (χ0v) is 14.6. The molecule has 9 heteroatoms. The van der Waals surface area contributed by atoms with Crippen molar-refractivity contribution in [3.8, 4) is 23.4 Å². The SMILES string of the molecule is Cc1nc(C(=O)NCC(=O)O)c(O)c2ccc(Oc3cccc(C#N)c3)nc12. The van der Waals surface area contributed by atoms with Crippen molar-refractivity contribution in [2.24, 2.45) is 0 Å². The van der Waals surface area contributed by atoms with Crippen molar-refractivity contribution in [1.29, 1.82) is 5.26 Å². The van der Waals surface area contributed by atoms with Crippen LogP contribution < -0.4 is 10.1 Å². The first-order valence-corrected chi connectivity index (χ1v) is 8.07. The van der Waals surface area contributed by atoms with Gasteiger partial charge in [-0.3, -0.25) is 9.59 Å². The van der Waals surface area contributed by atoms with Gasteiger partial charge in [-0.15, -0.1) is 0 Å². The third-order valence-electron chi connectivity index (χ3n) is 3.77. The van der Waals surface area contributed by atoms with Gasteiger partial charge in [-0.2, -0.15) is 5.26 Å². The van der Waals surface area contributed by atoms with Crippen molar-refractivity contribution >= 4 is 22.8 Å². The van der Waals surface area contributed by atoms with Gasteiger partial charge in [0.1, 0.15) is 12.3 Å². The molecule has 0 atom stereocenters. The van der Waals surface area contributed by atoms with Crippen molar-refractivity contribution in [2.75, 3.05) is 6.54 Å². The number of nitrogens with zero attached hydrogens (tertiary/aromatic N) is 3. The lowest BCUT2D eigenvalue weighted by Gasteiger charge is -2.11. The molecule has 9 nitrogen and oxygen atoms in total. The van der Waals surface area contributed by atoms with Crippen LogP contribution in [-0.2, 0) is 4.79 Å². The number of rotatable bonds is 5. The van der Waals surface area contributed by atoms with E-state index in [-0.39, 0.29) is 17.0 Å². The second kappa shape index (κ2) is 7.59. The standard InChI is InChI=1S/C19H14N4O5/c1-10-16-13(18(26)17(22-10)19(27)21-9-15(24)25)5-6-14(23-16)28-12-4-2-3-11(7-12)8-20/h2-7,26H,9H2,1H3,(H,21,27)(H,24,25). The maximum absolute atomic E-state index is 12.1. The molecule has 1 aromatic carbocycles. The summed E-state index contributed by atoms with van der Waals surface area (Å²) >= 11 is 0. The molecule has 28 heavy (non-hydrogen) atoms. The second-order valence-corrected chi connectivity index (χ2v) is 5.76. The number of carbonyl (C=O) groups excluding carboxylic acids is 1. The van der Waals surface area contributed by atoms with E-state index in [0.717, 1.165) is 0 Å². The molecule has 3 aromatic rings. The van der Waals surface area contributed by atoms with E-state index in [0.29, 0.717) is 22.5 Å². The van der Waals surface area contributed by atoms with Gasteiger partial charge in [0.2, 0.25) is 5.88 Å². The Labute approximate surface area is 158 Å². The summed E-state index contributed by atoms with van der Waals surface area (Å²) in [5, 5.41) is 30.4. The van der Waals surface area contributed by atoms with E-state index < -0.39 is 24.2 Å². The average Bonchev–Trinajstić information content (AvgIpc) is 2.69. The van der Waals surface area contributed by atoms with Gasteiger partial charge in [0.25, 0.3) is 5.91 Å². The van der Waals surface area contributed by atoms with Crippen LogP contribution in [0.25, 0.3) is 10.9 Å². The Morgan fingerprint density at radius 2 is 2.04 bits per heavy atom. The fraction of sp³-hybridized carbons (Fsp3) is 0.105. The summed E-state index contributed by atoms with van der Waals surface area (Å²) in [5.74, 6) is -1.79. The quantitative estimate of drug-likeness (QED) is 0.612. The van der Waals surface area contributed by atoms with Crippen molar-refractivity contribution in [3.05, 3.63) is 53.3 Å². The number of carboxylic acids is 1. The summed E-state index contributed by atoms with van der Waals surface area (Å²) < 4.78 is 5.65. The van der Waals surface area contributed by atoms with Gasteiger partial charge >= 0.3 is 5.97 Å². The number of hydrogen-bond acceptors (Lipinski definition) is 7. The highest BCUT2D eigenvalue weighted by Gasteiger charge is 2.19. The molecular weight excluding hydrogens is 364 g/mol. The number of aliphatic carboxylic acids is 1. The van der Waals surface area contributed by atoms with Crippen LogP contribution in [-0.4, -0.2) is 38.6 Å². The topological polar surface area (TPSA) is 145 Å². The molecular formula is C19H14N4O5. The number of pyridine rings is 2. The van der Waals surface area contributed by atoms with Crippen molar-refractivity contribution in [3.63, 3.8) is 0 Å². The monoisotopic (exact) mass is 378 g/mol. The summed E-state index contributed by atoms with van der Waals surface area (Å²) in [6, 6.07) is 11.6. The highest BCUT2D eigenvalue weighted by molar-refractivity contribution is 6.02. The van der Waals surface area contributed by atoms with Crippen LogP contribution in [0, 0.1) is 18.3 Å². The number of nitrogens with one attached hydrogen (secondary N) is 1. The number of amides is 1. The number of aromatic hydroxyl groups is 1. The van der Waals surface area contributed by atoms with Crippen LogP contribution in [0.15, 0.2) is 36.4 Å². The minimum Gasteiger partial charge on any atom is -0.505 e. The molecule has 0 bridgehead atoms. The van der Waals surface area contributed by atoms with E-state index in [1.165, 1.54) is 12.1 Å². The first-order valence-electron chi connectivity index (χ1n) is 8.07. The van der Waals surface area contributed by atoms with Crippen LogP contribution in [0.2, 0.25) is 0 Å². The Morgan fingerprint density at radius 1 is 1.25 bits per heavy atom. The van der Waals surface area contributed by atoms with Gasteiger partial charge in [0, 0.05) is 11.5 Å². The van der Waals surface area contributed by atoms with Crippen LogP contribution >= 0.6 is 0 Å². The molecule has 0 radical (unpaired) electrons. The van der Waals surface area contributed by atoms with E-state index in [9.17, 15) is 14.7 Å². The first kappa shape index (κ1) is 18.6. The van der Waals surface area contributed by atoms with E-state index in [1.54, 1.807) is 31.2 Å². The van der Waals surface area contributed by atoms with Gasteiger partial charge in [-0.05, 0) is 31.2 Å². The second-order valence-electron chi connectivity index (χ2n) is 5.76. The van der Waals surface area contributed by atoms with Crippen molar-refractivity contribution in [2.45, 2.75) is 6.92 Å². The number of nitriles is 1. The highest BCUT2D eigenvalue weighted by Crippen LogP contribution is 2.31. The number of ether oxygens (including phenoxy) is 1. The Bertz CT molecular complexity index is 1140. The molecule has 0 saturated heterocycles. The van der Waals surface area contributed by atoms with E-state index in [2.05, 4.69) is 15.3 Å². The molecule has 2 heterocycles. The van der Waals surface area contributed by atoms with E-state index in [1.807, 2.05) is 6.07 Å². The van der Waals surface area contributed by atoms with Gasteiger partial charge in [-0.25, -0.2) is 9.97 Å². The van der Waals surface area contributed by atoms with Crippen molar-refractivity contribution in [1.82, 2.24) is 15.3 Å². The fourth-order valence-electron chi connectivity index (χ4n) is 2.51. The number of carboxylic acid groups (broad SMARTS) is 1. The minimum absolute atomic E-state index is 0.218. The number of hydrogen-bond donors (Lipinski definition) is 3. The number of aryl methyl sites for hydroxylation is 1. The molecule has 0 aliphatic heterocycles. The van der Waals surface area contributed by atoms with Crippen LogP contribution in [0.1, 0.15) is 21.7 Å². The van der Waals surface area contributed by atoms with E-state index >= 15 is 0 Å². The summed E-state index contributed by atoms with van der Waals surface area (Å²) in [4.78, 5) is 31.0. The number of fused-ring (bicyclic) bond motifs is 1. The molecule has 0 fully saturated rings. The zero-order chi connectivity index (χ0) is 20.3. The van der Waals surface area contributed by atoms with Crippen LogP contribution in [0.5, 0.6) is 17.4 Å². The van der Waals surface area contributed by atoms with Gasteiger partial charge in [0.15, 0.2) is 11.4 Å². The third kappa shape index (κ3) is 3.81. The summed E-state index contributed by atoms with van der Waals surface area (Å²) in [6.45, 7) is 1.01. The maximum atomic E-state index is 12.1. The Morgan fingerprint density at radius 3 is 2.75 bits per heavy atom. The average molecular weight is 378 g/mol. The van der Waals surface area contributed by atoms with Crippen LogP contribution in [0.3, 0.4) is 0 Å². The van der Waals surface area contributed by atoms with Gasteiger partial charge in [-0.1, -0.05) is 6.07 Å². The zero-order valence-electron chi connectivity index (χ0n) is 14.6. The molecule has 1 amide bonds. The lowest BCUT2D eigenvalue weighted by molar-refractivity contribution is -0.135. The highest BCUT2D eigenvalue weighted by atomic mass is 16.5. The Balaban J connectivity index is 1.95. The first-order chi connectivity index (χ1) is 13.4. The lowest BCUT2D eigenvalue weighted by Crippen LogP contribution is -2.30. The molecule has 0 aliphatic rings. The molecule has 140 valence electrons. The normalized spacial score (nSPS) is 10.3. The summed E-state index contributed by atoms with van der Waals surface area (Å²) in [6.07, 6.45) is 0. The molecule has 3 N–H and O–H groups in total. The van der Waals surface area contributed by atoms with Crippen LogP contribution in [0.4, 0.5) is 0 Å². The predicted octanol–water partition coefficient (Wildman–Crippen LogP) is 2.12. The minimum atomic E-state index is -1.21. The molecule has 0 unspecified atom stereocenters. The fourth-order valence-corrected chi connectivity index (χ4v) is 2.51.